The average Bonchev–Trinajstić information content (AvgIpc) is 2.83. The van der Waals surface area contributed by atoms with E-state index < -0.39 is 23.4 Å². The molecule has 0 fully saturated rings. The maximum absolute atomic E-state index is 13.7. The summed E-state index contributed by atoms with van der Waals surface area (Å²) in [5, 5.41) is 8.53. The molecule has 8 nitrogen and oxygen atoms in total. The standard InChI is InChI=1S/C23H21F2N5O3S2/c24-18(25)11-32-20-8-2-13-9-17(14-1-7-19(27)29(10-14)12-26)22(31)30(21(13)28-20)15-3-5-16(6-4-15)33-23(34)35/h1-10,18,23,27,34-35H,11-12,26H2. The number of nitrogens with zero attached hydrogens (tertiary/aromatic N) is 3. The summed E-state index contributed by atoms with van der Waals surface area (Å²) >= 11 is 8.16. The first-order valence-electron chi connectivity index (χ1n) is 10.3. The van der Waals surface area contributed by atoms with E-state index >= 15 is 0 Å². The molecular formula is C23H21F2N5O3S2. The van der Waals surface area contributed by atoms with Gasteiger partial charge in [0.1, 0.15) is 11.2 Å². The first kappa shape index (κ1) is 24.8. The van der Waals surface area contributed by atoms with Crippen molar-refractivity contribution >= 4 is 36.3 Å². The Morgan fingerprint density at radius 3 is 2.49 bits per heavy atom. The molecule has 0 aliphatic rings. The molecule has 0 spiro atoms. The molecule has 4 aromatic rings. The van der Waals surface area contributed by atoms with Gasteiger partial charge in [0.25, 0.3) is 12.0 Å². The van der Waals surface area contributed by atoms with Gasteiger partial charge in [-0.3, -0.25) is 14.8 Å². The van der Waals surface area contributed by atoms with Gasteiger partial charge in [-0.05, 0) is 48.5 Å². The minimum Gasteiger partial charge on any atom is -0.472 e. The summed E-state index contributed by atoms with van der Waals surface area (Å²) in [7, 11) is 0. The fourth-order valence-electron chi connectivity index (χ4n) is 3.49. The van der Waals surface area contributed by atoms with Crippen LogP contribution in [0, 0.1) is 5.41 Å². The summed E-state index contributed by atoms with van der Waals surface area (Å²) in [4.78, 5) is 18.1. The van der Waals surface area contributed by atoms with Gasteiger partial charge in [-0.2, -0.15) is 4.98 Å². The Kier molecular flexibility index (Phi) is 7.43. The van der Waals surface area contributed by atoms with Gasteiger partial charge < -0.3 is 19.8 Å². The molecular weight excluding hydrogens is 496 g/mol. The summed E-state index contributed by atoms with van der Waals surface area (Å²) in [6, 6.07) is 14.6. The Balaban J connectivity index is 1.94. The second-order valence-electron chi connectivity index (χ2n) is 7.36. The first-order valence-corrected chi connectivity index (χ1v) is 11.4. The van der Waals surface area contributed by atoms with Crippen LogP contribution in [0.5, 0.6) is 11.6 Å². The van der Waals surface area contributed by atoms with Gasteiger partial charge in [0, 0.05) is 28.8 Å². The van der Waals surface area contributed by atoms with Crippen molar-refractivity contribution in [3.63, 3.8) is 0 Å². The lowest BCUT2D eigenvalue weighted by Gasteiger charge is -2.15. The number of alkyl halides is 2. The van der Waals surface area contributed by atoms with Crippen molar-refractivity contribution in [2.45, 2.75) is 17.9 Å². The Labute approximate surface area is 209 Å². The van der Waals surface area contributed by atoms with Crippen LogP contribution in [0.15, 0.2) is 65.6 Å². The van der Waals surface area contributed by atoms with E-state index in [0.29, 0.717) is 28.0 Å². The highest BCUT2D eigenvalue weighted by molar-refractivity contribution is 7.98. The second kappa shape index (κ2) is 10.5. The first-order chi connectivity index (χ1) is 16.8. The molecule has 182 valence electrons. The quantitative estimate of drug-likeness (QED) is 0.212. The number of hydrogen-bond donors (Lipinski definition) is 4. The van der Waals surface area contributed by atoms with E-state index in [1.807, 2.05) is 0 Å². The van der Waals surface area contributed by atoms with E-state index in [4.69, 9.17) is 20.6 Å². The Hall–Kier alpha value is -3.35. The maximum Gasteiger partial charge on any atom is 0.272 e. The van der Waals surface area contributed by atoms with Crippen molar-refractivity contribution in [2.24, 2.45) is 5.73 Å². The number of nitrogens with two attached hydrogens (primary N) is 1. The van der Waals surface area contributed by atoms with Crippen molar-refractivity contribution in [1.82, 2.24) is 14.1 Å². The van der Waals surface area contributed by atoms with Crippen molar-refractivity contribution in [3.05, 3.63) is 76.6 Å². The van der Waals surface area contributed by atoms with Gasteiger partial charge in [0.15, 0.2) is 17.0 Å². The molecule has 3 aromatic heterocycles. The monoisotopic (exact) mass is 517 g/mol. The zero-order valence-corrected chi connectivity index (χ0v) is 19.9. The van der Waals surface area contributed by atoms with Crippen LogP contribution in [0.2, 0.25) is 0 Å². The van der Waals surface area contributed by atoms with Crippen LogP contribution in [0.4, 0.5) is 8.78 Å². The van der Waals surface area contributed by atoms with Crippen molar-refractivity contribution in [1.29, 1.82) is 5.41 Å². The van der Waals surface area contributed by atoms with E-state index in [1.165, 1.54) is 15.2 Å². The van der Waals surface area contributed by atoms with E-state index in [2.05, 4.69) is 30.2 Å². The number of rotatable bonds is 8. The number of nitrogens with one attached hydrogen (secondary N) is 1. The molecule has 0 aliphatic carbocycles. The van der Waals surface area contributed by atoms with Crippen LogP contribution < -0.4 is 26.3 Å². The lowest BCUT2D eigenvalue weighted by Crippen LogP contribution is -2.25. The summed E-state index contributed by atoms with van der Waals surface area (Å²) in [5.41, 5.74) is 7.09. The van der Waals surface area contributed by atoms with Gasteiger partial charge in [0.05, 0.1) is 12.4 Å². The fraction of sp³-hybridized carbons (Fsp3) is 0.174. The van der Waals surface area contributed by atoms with Crippen LogP contribution in [-0.2, 0) is 6.67 Å². The SMILES string of the molecule is N=c1ccc(-c2cc3ccc(OCC(F)F)nc3n(-c3ccc(OC(S)S)cc3)c2=O)cn1CN. The van der Waals surface area contributed by atoms with Crippen LogP contribution in [-0.4, -0.2) is 31.9 Å². The van der Waals surface area contributed by atoms with Crippen LogP contribution in [0.25, 0.3) is 27.8 Å². The normalized spacial score (nSPS) is 11.4. The highest BCUT2D eigenvalue weighted by atomic mass is 32.2. The summed E-state index contributed by atoms with van der Waals surface area (Å²) in [5.74, 6) is 0.451. The van der Waals surface area contributed by atoms with E-state index in [9.17, 15) is 13.6 Å². The number of pyridine rings is 3. The molecule has 0 bridgehead atoms. The Bertz CT molecular complexity index is 1470. The molecule has 3 heterocycles. The minimum atomic E-state index is -2.67. The molecule has 0 amide bonds. The summed E-state index contributed by atoms with van der Waals surface area (Å²) in [6.07, 6.45) is -1.04. The molecule has 12 heteroatoms. The van der Waals surface area contributed by atoms with Crippen LogP contribution >= 0.6 is 25.3 Å². The van der Waals surface area contributed by atoms with Gasteiger partial charge in [-0.25, -0.2) is 8.78 Å². The smallest absolute Gasteiger partial charge is 0.272 e. The predicted molar refractivity (Wildman–Crippen MR) is 135 cm³/mol. The Morgan fingerprint density at radius 1 is 1.09 bits per heavy atom. The largest absolute Gasteiger partial charge is 0.472 e. The lowest BCUT2D eigenvalue weighted by atomic mass is 10.1. The van der Waals surface area contributed by atoms with Crippen LogP contribution in [0.1, 0.15) is 0 Å². The summed E-state index contributed by atoms with van der Waals surface area (Å²) < 4.78 is 38.0. The number of aromatic nitrogens is 3. The third-order valence-corrected chi connectivity index (χ3v) is 5.26. The maximum atomic E-state index is 13.7. The van der Waals surface area contributed by atoms with Gasteiger partial charge >= 0.3 is 0 Å². The van der Waals surface area contributed by atoms with Crippen molar-refractivity contribution in [2.75, 3.05) is 6.61 Å². The van der Waals surface area contributed by atoms with E-state index in [-0.39, 0.29) is 23.7 Å². The second-order valence-corrected chi connectivity index (χ2v) is 8.70. The molecule has 1 aromatic carbocycles. The van der Waals surface area contributed by atoms with Crippen molar-refractivity contribution < 1.29 is 18.3 Å². The molecule has 0 saturated carbocycles. The lowest BCUT2D eigenvalue weighted by molar-refractivity contribution is 0.0797. The average molecular weight is 518 g/mol. The number of fused-ring (bicyclic) bond motifs is 1. The zero-order chi connectivity index (χ0) is 25.1. The molecule has 3 N–H and O–H groups in total. The molecule has 0 radical (unpaired) electrons. The Morgan fingerprint density at radius 2 is 1.83 bits per heavy atom. The minimum absolute atomic E-state index is 0.0359. The predicted octanol–water partition coefficient (Wildman–Crippen LogP) is 3.42. The molecule has 0 unspecified atom stereocenters. The van der Waals surface area contributed by atoms with Crippen LogP contribution in [0.3, 0.4) is 0 Å². The number of benzene rings is 1. The molecule has 0 atom stereocenters. The molecule has 0 saturated heterocycles. The topological polar surface area (TPSA) is 108 Å². The highest BCUT2D eigenvalue weighted by Crippen LogP contribution is 2.25. The molecule has 0 aliphatic heterocycles. The van der Waals surface area contributed by atoms with Gasteiger partial charge in [0.2, 0.25) is 5.88 Å². The highest BCUT2D eigenvalue weighted by Gasteiger charge is 2.16. The van der Waals surface area contributed by atoms with Gasteiger partial charge in [-0.1, -0.05) is 0 Å². The fourth-order valence-corrected chi connectivity index (χ4v) is 3.74. The van der Waals surface area contributed by atoms with Gasteiger partial charge in [-0.15, -0.1) is 25.3 Å². The molecule has 4 rings (SSSR count). The van der Waals surface area contributed by atoms with E-state index in [1.54, 1.807) is 54.7 Å². The number of hydrogen-bond acceptors (Lipinski definition) is 8. The third-order valence-electron chi connectivity index (χ3n) is 5.05. The number of ether oxygens (including phenoxy) is 2. The van der Waals surface area contributed by atoms with Crippen molar-refractivity contribution in [3.8, 4) is 28.4 Å². The zero-order valence-electron chi connectivity index (χ0n) is 18.1. The van der Waals surface area contributed by atoms with E-state index in [0.717, 1.165) is 0 Å². The third kappa shape index (κ3) is 5.50. The summed E-state index contributed by atoms with van der Waals surface area (Å²) in [6.45, 7) is -0.750. The number of halogens is 2. The molecule has 35 heavy (non-hydrogen) atoms. The number of thiol groups is 2.